The van der Waals surface area contributed by atoms with Crippen molar-refractivity contribution in [3.63, 3.8) is 0 Å². The smallest absolute Gasteiger partial charge is 0.0516 e. The van der Waals surface area contributed by atoms with E-state index in [4.69, 9.17) is 6.42 Å². The van der Waals surface area contributed by atoms with Gasteiger partial charge in [0.25, 0.3) is 0 Å². The summed E-state index contributed by atoms with van der Waals surface area (Å²) in [6, 6.07) is 17.3. The van der Waals surface area contributed by atoms with Crippen LogP contribution in [0.4, 0.5) is 5.69 Å². The molecule has 0 amide bonds. The van der Waals surface area contributed by atoms with Crippen molar-refractivity contribution in [2.75, 3.05) is 5.32 Å². The highest BCUT2D eigenvalue weighted by molar-refractivity contribution is 5.52. The second-order valence-corrected chi connectivity index (χ2v) is 5.37. The van der Waals surface area contributed by atoms with E-state index in [2.05, 4.69) is 41.6 Å². The predicted molar refractivity (Wildman–Crippen MR) is 84.7 cm³/mol. The van der Waals surface area contributed by atoms with E-state index in [1.165, 1.54) is 36.8 Å². The van der Waals surface area contributed by atoms with Crippen LogP contribution in [0.15, 0.2) is 48.5 Å². The number of rotatable bonds is 2. The Bertz CT molecular complexity index is 636. The summed E-state index contributed by atoms with van der Waals surface area (Å²) in [6.45, 7) is 0. The molecule has 0 spiro atoms. The van der Waals surface area contributed by atoms with Crippen molar-refractivity contribution in [1.82, 2.24) is 0 Å². The van der Waals surface area contributed by atoms with Gasteiger partial charge in [-0.05, 0) is 48.6 Å². The van der Waals surface area contributed by atoms with Gasteiger partial charge in [0.15, 0.2) is 0 Å². The van der Waals surface area contributed by atoms with Crippen LogP contribution >= 0.6 is 0 Å². The second-order valence-electron chi connectivity index (χ2n) is 5.37. The molecule has 0 saturated heterocycles. The minimum Gasteiger partial charge on any atom is -0.378 e. The Morgan fingerprint density at radius 3 is 2.85 bits per heavy atom. The first-order valence-corrected chi connectivity index (χ1v) is 7.28. The maximum atomic E-state index is 5.48. The van der Waals surface area contributed by atoms with Gasteiger partial charge in [0.2, 0.25) is 0 Å². The minimum atomic E-state index is 0.390. The number of aryl methyl sites for hydroxylation is 1. The minimum absolute atomic E-state index is 0.390. The lowest BCUT2D eigenvalue weighted by Gasteiger charge is -2.20. The Kier molecular flexibility index (Phi) is 3.74. The number of hydrogen-bond donors (Lipinski definition) is 1. The molecule has 1 atom stereocenters. The average molecular weight is 261 g/mol. The van der Waals surface area contributed by atoms with Crippen LogP contribution in [-0.2, 0) is 6.42 Å². The highest BCUT2D eigenvalue weighted by atomic mass is 14.9. The molecule has 0 radical (unpaired) electrons. The van der Waals surface area contributed by atoms with Gasteiger partial charge in [-0.15, -0.1) is 6.42 Å². The van der Waals surface area contributed by atoms with Crippen molar-refractivity contribution < 1.29 is 0 Å². The quantitative estimate of drug-likeness (QED) is 0.618. The van der Waals surface area contributed by atoms with Gasteiger partial charge in [0, 0.05) is 11.3 Å². The Morgan fingerprint density at radius 2 is 1.95 bits per heavy atom. The van der Waals surface area contributed by atoms with Crippen molar-refractivity contribution in [3.05, 3.63) is 65.2 Å². The highest BCUT2D eigenvalue weighted by Crippen LogP contribution is 2.31. The maximum absolute atomic E-state index is 5.48. The van der Waals surface area contributed by atoms with Gasteiger partial charge >= 0.3 is 0 Å². The molecule has 0 bridgehead atoms. The number of nitrogens with one attached hydrogen (secondary N) is 1. The number of terminal acetylenes is 1. The summed E-state index contributed by atoms with van der Waals surface area (Å²) in [5, 5.41) is 3.66. The molecule has 100 valence electrons. The van der Waals surface area contributed by atoms with Crippen LogP contribution in [0.25, 0.3) is 0 Å². The Morgan fingerprint density at radius 1 is 1.05 bits per heavy atom. The zero-order valence-corrected chi connectivity index (χ0v) is 11.6. The van der Waals surface area contributed by atoms with E-state index >= 15 is 0 Å². The van der Waals surface area contributed by atoms with Gasteiger partial charge < -0.3 is 5.32 Å². The summed E-state index contributed by atoms with van der Waals surface area (Å²) < 4.78 is 0. The third-order valence-electron chi connectivity index (χ3n) is 3.99. The molecule has 1 N–H and O–H groups in total. The van der Waals surface area contributed by atoms with E-state index in [9.17, 15) is 0 Å². The predicted octanol–water partition coefficient (Wildman–Crippen LogP) is 4.55. The summed E-state index contributed by atoms with van der Waals surface area (Å²) in [7, 11) is 0. The molecule has 1 aliphatic carbocycles. The van der Waals surface area contributed by atoms with Crippen LogP contribution in [0.2, 0.25) is 0 Å². The summed E-state index contributed by atoms with van der Waals surface area (Å²) >= 11 is 0. The molecule has 1 aliphatic rings. The average Bonchev–Trinajstić information content (AvgIpc) is 2.70. The third-order valence-corrected chi connectivity index (χ3v) is 3.99. The van der Waals surface area contributed by atoms with Crippen molar-refractivity contribution in [2.45, 2.75) is 31.7 Å². The molecule has 3 rings (SSSR count). The fourth-order valence-electron chi connectivity index (χ4n) is 2.97. The van der Waals surface area contributed by atoms with Crippen LogP contribution in [-0.4, -0.2) is 0 Å². The fourth-order valence-corrected chi connectivity index (χ4v) is 2.97. The monoisotopic (exact) mass is 261 g/mol. The Labute approximate surface area is 121 Å². The number of benzene rings is 2. The molecular formula is C19H19N. The zero-order chi connectivity index (χ0) is 13.8. The van der Waals surface area contributed by atoms with E-state index in [1.54, 1.807) is 0 Å². The zero-order valence-electron chi connectivity index (χ0n) is 11.6. The van der Waals surface area contributed by atoms with Crippen molar-refractivity contribution in [1.29, 1.82) is 0 Å². The van der Waals surface area contributed by atoms with E-state index < -0.39 is 0 Å². The van der Waals surface area contributed by atoms with Crippen LogP contribution in [0.5, 0.6) is 0 Å². The molecular weight excluding hydrogens is 242 g/mol. The summed E-state index contributed by atoms with van der Waals surface area (Å²) in [5.41, 5.74) is 4.96. The van der Waals surface area contributed by atoms with Gasteiger partial charge in [0.1, 0.15) is 0 Å². The Hall–Kier alpha value is -2.20. The SMILES string of the molecule is C#Cc1cccc(NC2CCCCc3ccccc32)c1. The van der Waals surface area contributed by atoms with E-state index in [0.717, 1.165) is 11.3 Å². The molecule has 1 heteroatoms. The molecule has 0 fully saturated rings. The highest BCUT2D eigenvalue weighted by Gasteiger charge is 2.17. The van der Waals surface area contributed by atoms with Crippen LogP contribution in [0.1, 0.15) is 42.0 Å². The van der Waals surface area contributed by atoms with E-state index in [-0.39, 0.29) is 0 Å². The first-order chi connectivity index (χ1) is 9.86. The van der Waals surface area contributed by atoms with Crippen molar-refractivity contribution in [3.8, 4) is 12.3 Å². The first kappa shape index (κ1) is 12.8. The van der Waals surface area contributed by atoms with Crippen LogP contribution < -0.4 is 5.32 Å². The number of anilines is 1. The number of hydrogen-bond acceptors (Lipinski definition) is 1. The van der Waals surface area contributed by atoms with Gasteiger partial charge in [-0.25, -0.2) is 0 Å². The van der Waals surface area contributed by atoms with Crippen LogP contribution in [0, 0.1) is 12.3 Å². The molecule has 20 heavy (non-hydrogen) atoms. The van der Waals surface area contributed by atoms with Crippen LogP contribution in [0.3, 0.4) is 0 Å². The molecule has 2 aromatic rings. The van der Waals surface area contributed by atoms with Gasteiger partial charge in [-0.2, -0.15) is 0 Å². The molecule has 0 heterocycles. The molecule has 1 nitrogen and oxygen atoms in total. The third kappa shape index (κ3) is 2.70. The van der Waals surface area contributed by atoms with Gasteiger partial charge in [0.05, 0.1) is 6.04 Å². The fraction of sp³-hybridized carbons (Fsp3) is 0.263. The van der Waals surface area contributed by atoms with Gasteiger partial charge in [-0.3, -0.25) is 0 Å². The largest absolute Gasteiger partial charge is 0.378 e. The van der Waals surface area contributed by atoms with Gasteiger partial charge in [-0.1, -0.05) is 42.7 Å². The molecule has 0 aromatic heterocycles. The standard InChI is InChI=1S/C19H19N/c1-2-15-8-7-11-17(14-15)20-19-13-6-4-10-16-9-3-5-12-18(16)19/h1,3,5,7-9,11-12,14,19-20H,4,6,10,13H2. The summed E-state index contributed by atoms with van der Waals surface area (Å²) in [5.74, 6) is 2.70. The summed E-state index contributed by atoms with van der Waals surface area (Å²) in [4.78, 5) is 0. The second kappa shape index (κ2) is 5.84. The Balaban J connectivity index is 1.88. The maximum Gasteiger partial charge on any atom is 0.0516 e. The molecule has 0 saturated carbocycles. The normalized spacial score (nSPS) is 17.6. The molecule has 0 aliphatic heterocycles. The number of fused-ring (bicyclic) bond motifs is 1. The first-order valence-electron chi connectivity index (χ1n) is 7.28. The topological polar surface area (TPSA) is 12.0 Å². The van der Waals surface area contributed by atoms with Crippen molar-refractivity contribution >= 4 is 5.69 Å². The van der Waals surface area contributed by atoms with E-state index in [0.29, 0.717) is 6.04 Å². The lowest BCUT2D eigenvalue weighted by molar-refractivity contribution is 0.644. The lowest BCUT2D eigenvalue weighted by Crippen LogP contribution is -2.11. The van der Waals surface area contributed by atoms with Crippen molar-refractivity contribution in [2.24, 2.45) is 0 Å². The lowest BCUT2D eigenvalue weighted by atomic mass is 9.99. The van der Waals surface area contributed by atoms with E-state index in [1.807, 2.05) is 18.2 Å². The molecule has 1 unspecified atom stereocenters. The summed E-state index contributed by atoms with van der Waals surface area (Å²) in [6.07, 6.45) is 10.4. The molecule has 2 aromatic carbocycles.